The lowest BCUT2D eigenvalue weighted by atomic mass is 9.67. The summed E-state index contributed by atoms with van der Waals surface area (Å²) in [6.45, 7) is 10.3. The third kappa shape index (κ3) is 8.37. The van der Waals surface area contributed by atoms with Crippen LogP contribution >= 0.6 is 24.0 Å². The van der Waals surface area contributed by atoms with E-state index >= 15 is 0 Å². The lowest BCUT2D eigenvalue weighted by Crippen LogP contribution is -2.46. The molecule has 1 aliphatic carbocycles. The van der Waals surface area contributed by atoms with Crippen molar-refractivity contribution in [2.45, 2.75) is 65.0 Å². The van der Waals surface area contributed by atoms with Crippen LogP contribution in [-0.2, 0) is 11.3 Å². The van der Waals surface area contributed by atoms with Crippen LogP contribution in [0.1, 0.15) is 57.9 Å². The Morgan fingerprint density at radius 3 is 2.66 bits per heavy atom. The average Bonchev–Trinajstić information content (AvgIpc) is 2.77. The van der Waals surface area contributed by atoms with Crippen molar-refractivity contribution in [3.8, 4) is 5.75 Å². The standard InChI is InChI=1S/C25H42N4O2.HI/c1-4-25(12-7-13-25)20-28-24(26-5-2)27-19-21-8-6-9-23(18-21)31-17-14-29(3)22-10-15-30-16-11-22;/h6,8-9,18,22H,4-5,7,10-17,19-20H2,1-3H3,(H2,26,27,28);1H. The average molecular weight is 559 g/mol. The molecule has 6 nitrogen and oxygen atoms in total. The molecule has 0 spiro atoms. The first-order valence-corrected chi connectivity index (χ1v) is 12.2. The van der Waals surface area contributed by atoms with Gasteiger partial charge in [-0.05, 0) is 69.2 Å². The second kappa shape index (κ2) is 14.3. The number of hydrogen-bond donors (Lipinski definition) is 2. The SMILES string of the molecule is CCNC(=NCc1cccc(OCCN(C)C2CCOCC2)c1)NCC1(CC)CCC1.I. The van der Waals surface area contributed by atoms with Crippen LogP contribution in [0.15, 0.2) is 29.3 Å². The summed E-state index contributed by atoms with van der Waals surface area (Å²) in [4.78, 5) is 7.21. The molecule has 1 aromatic rings. The molecule has 1 aliphatic heterocycles. The smallest absolute Gasteiger partial charge is 0.191 e. The Morgan fingerprint density at radius 2 is 2.00 bits per heavy atom. The van der Waals surface area contributed by atoms with E-state index in [1.165, 1.54) is 31.2 Å². The fourth-order valence-corrected chi connectivity index (χ4v) is 4.47. The van der Waals surface area contributed by atoms with E-state index in [0.717, 1.165) is 57.4 Å². The molecular weight excluding hydrogens is 515 g/mol. The summed E-state index contributed by atoms with van der Waals surface area (Å²) in [5.74, 6) is 1.83. The van der Waals surface area contributed by atoms with Gasteiger partial charge in [-0.2, -0.15) is 0 Å². The summed E-state index contributed by atoms with van der Waals surface area (Å²) in [6.07, 6.45) is 7.50. The Hall–Kier alpha value is -1.06. The van der Waals surface area contributed by atoms with E-state index in [2.05, 4.69) is 54.6 Å². The molecule has 2 fully saturated rings. The summed E-state index contributed by atoms with van der Waals surface area (Å²) >= 11 is 0. The van der Waals surface area contributed by atoms with Gasteiger partial charge in [0.1, 0.15) is 12.4 Å². The van der Waals surface area contributed by atoms with Crippen molar-refractivity contribution in [1.82, 2.24) is 15.5 Å². The van der Waals surface area contributed by atoms with Gasteiger partial charge >= 0.3 is 0 Å². The van der Waals surface area contributed by atoms with Gasteiger partial charge in [-0.3, -0.25) is 4.90 Å². The monoisotopic (exact) mass is 558 g/mol. The van der Waals surface area contributed by atoms with Crippen molar-refractivity contribution in [2.75, 3.05) is 46.5 Å². The van der Waals surface area contributed by atoms with Gasteiger partial charge in [-0.25, -0.2) is 4.99 Å². The van der Waals surface area contributed by atoms with Crippen molar-refractivity contribution in [3.05, 3.63) is 29.8 Å². The molecule has 0 aromatic heterocycles. The first-order valence-electron chi connectivity index (χ1n) is 12.2. The number of likely N-dealkylation sites (N-methyl/N-ethyl adjacent to an activating group) is 1. The Kier molecular flexibility index (Phi) is 12.1. The van der Waals surface area contributed by atoms with E-state index in [1.807, 2.05) is 6.07 Å². The molecule has 2 N–H and O–H groups in total. The normalized spacial score (nSPS) is 18.6. The molecule has 0 unspecified atom stereocenters. The van der Waals surface area contributed by atoms with E-state index in [1.54, 1.807) is 0 Å². The summed E-state index contributed by atoms with van der Waals surface area (Å²) in [6, 6.07) is 8.94. The second-order valence-corrected chi connectivity index (χ2v) is 9.08. The number of rotatable bonds is 11. The number of nitrogens with one attached hydrogen (secondary N) is 2. The first-order chi connectivity index (χ1) is 15.1. The van der Waals surface area contributed by atoms with E-state index in [-0.39, 0.29) is 24.0 Å². The molecule has 7 heteroatoms. The molecule has 1 aromatic carbocycles. The molecule has 0 amide bonds. The van der Waals surface area contributed by atoms with Gasteiger partial charge in [-0.1, -0.05) is 25.5 Å². The summed E-state index contributed by atoms with van der Waals surface area (Å²) in [7, 11) is 2.19. The fourth-order valence-electron chi connectivity index (χ4n) is 4.47. The van der Waals surface area contributed by atoms with Gasteiger partial charge in [0, 0.05) is 38.9 Å². The van der Waals surface area contributed by atoms with E-state index in [9.17, 15) is 0 Å². The maximum Gasteiger partial charge on any atom is 0.191 e. The highest BCUT2D eigenvalue weighted by Gasteiger charge is 2.34. The van der Waals surface area contributed by atoms with Gasteiger partial charge in [0.2, 0.25) is 0 Å². The van der Waals surface area contributed by atoms with Crippen LogP contribution in [0.4, 0.5) is 0 Å². The zero-order valence-corrected chi connectivity index (χ0v) is 22.5. The fraction of sp³-hybridized carbons (Fsp3) is 0.720. The minimum absolute atomic E-state index is 0. The van der Waals surface area contributed by atoms with Crippen LogP contribution in [0, 0.1) is 5.41 Å². The molecule has 3 rings (SSSR count). The Balaban J connectivity index is 0.00000363. The lowest BCUT2D eigenvalue weighted by Gasteiger charge is -2.41. The molecule has 0 radical (unpaired) electrons. The van der Waals surface area contributed by atoms with Crippen LogP contribution in [0.3, 0.4) is 0 Å². The molecule has 1 saturated carbocycles. The number of benzene rings is 1. The van der Waals surface area contributed by atoms with E-state index < -0.39 is 0 Å². The number of guanidine groups is 1. The number of halogens is 1. The van der Waals surface area contributed by atoms with E-state index in [0.29, 0.717) is 24.6 Å². The zero-order valence-electron chi connectivity index (χ0n) is 20.2. The van der Waals surface area contributed by atoms with Crippen molar-refractivity contribution in [3.63, 3.8) is 0 Å². The van der Waals surface area contributed by atoms with Crippen molar-refractivity contribution < 1.29 is 9.47 Å². The number of hydrogen-bond acceptors (Lipinski definition) is 4. The van der Waals surface area contributed by atoms with E-state index in [4.69, 9.17) is 14.5 Å². The van der Waals surface area contributed by atoms with Gasteiger partial charge in [0.15, 0.2) is 5.96 Å². The van der Waals surface area contributed by atoms with Crippen molar-refractivity contribution in [1.29, 1.82) is 0 Å². The minimum atomic E-state index is 0. The molecule has 1 heterocycles. The van der Waals surface area contributed by atoms with Crippen LogP contribution in [0.5, 0.6) is 5.75 Å². The van der Waals surface area contributed by atoms with Crippen LogP contribution in [0.2, 0.25) is 0 Å². The number of ether oxygens (including phenoxy) is 2. The zero-order chi connectivity index (χ0) is 21.9. The molecule has 0 atom stereocenters. The lowest BCUT2D eigenvalue weighted by molar-refractivity contribution is 0.0392. The van der Waals surface area contributed by atoms with Crippen LogP contribution < -0.4 is 15.4 Å². The maximum atomic E-state index is 6.04. The predicted molar refractivity (Wildman–Crippen MR) is 143 cm³/mol. The summed E-state index contributed by atoms with van der Waals surface area (Å²) < 4.78 is 11.5. The summed E-state index contributed by atoms with van der Waals surface area (Å²) in [5.41, 5.74) is 1.64. The summed E-state index contributed by atoms with van der Waals surface area (Å²) in [5, 5.41) is 6.95. The number of nitrogens with zero attached hydrogens (tertiary/aromatic N) is 2. The second-order valence-electron chi connectivity index (χ2n) is 9.08. The van der Waals surface area contributed by atoms with Gasteiger partial charge < -0.3 is 20.1 Å². The molecule has 182 valence electrons. The number of aliphatic imine (C=N–C) groups is 1. The molecule has 2 aliphatic rings. The maximum absolute atomic E-state index is 6.04. The Morgan fingerprint density at radius 1 is 1.22 bits per heavy atom. The van der Waals surface area contributed by atoms with Crippen molar-refractivity contribution >= 4 is 29.9 Å². The van der Waals surface area contributed by atoms with Gasteiger partial charge in [0.25, 0.3) is 0 Å². The topological polar surface area (TPSA) is 58.1 Å². The van der Waals surface area contributed by atoms with Gasteiger partial charge in [0.05, 0.1) is 6.54 Å². The first kappa shape index (κ1) is 27.2. The predicted octanol–water partition coefficient (Wildman–Crippen LogP) is 4.43. The van der Waals surface area contributed by atoms with Crippen LogP contribution in [-0.4, -0.2) is 63.4 Å². The third-order valence-electron chi connectivity index (χ3n) is 6.98. The quantitative estimate of drug-likeness (QED) is 0.239. The minimum Gasteiger partial charge on any atom is -0.492 e. The highest BCUT2D eigenvalue weighted by molar-refractivity contribution is 14.0. The molecule has 32 heavy (non-hydrogen) atoms. The molecule has 1 saturated heterocycles. The molecule has 0 bridgehead atoms. The largest absolute Gasteiger partial charge is 0.492 e. The Labute approximate surface area is 211 Å². The van der Waals surface area contributed by atoms with Gasteiger partial charge in [-0.15, -0.1) is 24.0 Å². The van der Waals surface area contributed by atoms with Crippen LogP contribution in [0.25, 0.3) is 0 Å². The Bertz CT molecular complexity index is 685. The highest BCUT2D eigenvalue weighted by Crippen LogP contribution is 2.43. The van der Waals surface area contributed by atoms with Crippen molar-refractivity contribution in [2.24, 2.45) is 10.4 Å². The molecular formula is C25H43IN4O2. The third-order valence-corrected chi connectivity index (χ3v) is 6.98. The highest BCUT2D eigenvalue weighted by atomic mass is 127.